The number of nitrogens with one attached hydrogen (secondary N) is 1. The van der Waals surface area contributed by atoms with Crippen molar-refractivity contribution in [2.45, 2.75) is 25.8 Å². The van der Waals surface area contributed by atoms with E-state index in [0.717, 1.165) is 11.1 Å². The van der Waals surface area contributed by atoms with E-state index in [1.807, 2.05) is 36.9 Å². The lowest BCUT2D eigenvalue weighted by Crippen LogP contribution is -2.35. The first-order valence-corrected chi connectivity index (χ1v) is 7.11. The summed E-state index contributed by atoms with van der Waals surface area (Å²) < 4.78 is 9.05. The number of ether oxygens (including phenoxy) is 1. The Morgan fingerprint density at radius 1 is 1.33 bits per heavy atom. The molecule has 0 saturated carbocycles. The van der Waals surface area contributed by atoms with Crippen LogP contribution in [0.25, 0.3) is 10.9 Å². The molecule has 1 aromatic heterocycles. The van der Waals surface area contributed by atoms with Crippen molar-refractivity contribution in [2.24, 2.45) is 7.05 Å². The molecule has 1 N–H and O–H groups in total. The lowest BCUT2D eigenvalue weighted by molar-refractivity contribution is -0.124. The molecule has 1 aliphatic heterocycles. The number of nitrogens with zero attached hydrogens (tertiary/aromatic N) is 2. The maximum Gasteiger partial charge on any atom is 0.274 e. The molecule has 3 rings (SSSR count). The quantitative estimate of drug-likeness (QED) is 0.854. The van der Waals surface area contributed by atoms with E-state index in [9.17, 15) is 9.59 Å². The third-order valence-electron chi connectivity index (χ3n) is 4.06. The number of aromatic nitrogens is 2. The van der Waals surface area contributed by atoms with Crippen molar-refractivity contribution in [3.05, 3.63) is 34.1 Å². The fraction of sp³-hybridized carbons (Fsp3) is 0.467. The molecule has 0 aliphatic carbocycles. The number of fused-ring (bicyclic) bond motifs is 1. The summed E-state index contributed by atoms with van der Waals surface area (Å²) in [5.41, 5.74) is 1.98. The van der Waals surface area contributed by atoms with Crippen molar-refractivity contribution in [2.75, 3.05) is 13.3 Å². The molecule has 2 aromatic rings. The van der Waals surface area contributed by atoms with E-state index in [0.29, 0.717) is 24.8 Å². The molecular formula is C15H19N3O3. The van der Waals surface area contributed by atoms with Gasteiger partial charge in [0.05, 0.1) is 23.6 Å². The Bertz CT molecular complexity index is 744. The summed E-state index contributed by atoms with van der Waals surface area (Å²) in [7, 11) is 1.88. The Balaban J connectivity index is 2.09. The normalized spacial score (nSPS) is 20.1. The van der Waals surface area contributed by atoms with Gasteiger partial charge in [0.1, 0.15) is 6.73 Å². The highest BCUT2D eigenvalue weighted by atomic mass is 16.5. The van der Waals surface area contributed by atoms with E-state index in [4.69, 9.17) is 4.74 Å². The summed E-state index contributed by atoms with van der Waals surface area (Å²) in [5, 5.41) is 3.38. The molecule has 1 unspecified atom stereocenters. The number of carbonyl (C=O) groups is 1. The predicted molar refractivity (Wildman–Crippen MR) is 79.1 cm³/mol. The van der Waals surface area contributed by atoms with Crippen LogP contribution in [0.1, 0.15) is 24.4 Å². The number of aryl methyl sites for hydroxylation is 2. The number of carbonyl (C=O) groups excluding carboxylic acids is 1. The Hall–Kier alpha value is -2.08. The van der Waals surface area contributed by atoms with Crippen LogP contribution in [-0.4, -0.2) is 28.6 Å². The first kappa shape index (κ1) is 13.9. The van der Waals surface area contributed by atoms with E-state index < -0.39 is 0 Å². The SMILES string of the molecule is Cc1cccc2c(=O)n(C3CCC(=O)NCOC3)n(C)c12. The van der Waals surface area contributed by atoms with Gasteiger partial charge in [-0.3, -0.25) is 14.3 Å². The molecule has 0 spiro atoms. The second kappa shape index (κ2) is 5.37. The van der Waals surface area contributed by atoms with Gasteiger partial charge in [-0.05, 0) is 25.0 Å². The van der Waals surface area contributed by atoms with Gasteiger partial charge in [0.15, 0.2) is 0 Å². The molecule has 6 heteroatoms. The summed E-state index contributed by atoms with van der Waals surface area (Å²) in [6, 6.07) is 5.61. The third-order valence-corrected chi connectivity index (χ3v) is 4.06. The molecule has 2 heterocycles. The lowest BCUT2D eigenvalue weighted by Gasteiger charge is -2.23. The largest absolute Gasteiger partial charge is 0.359 e. The van der Waals surface area contributed by atoms with Crippen molar-refractivity contribution >= 4 is 16.8 Å². The second-order valence-corrected chi connectivity index (χ2v) is 5.45. The highest BCUT2D eigenvalue weighted by molar-refractivity contribution is 5.81. The van der Waals surface area contributed by atoms with Crippen LogP contribution in [0, 0.1) is 6.92 Å². The topological polar surface area (TPSA) is 65.3 Å². The molecule has 1 aliphatic rings. The summed E-state index contributed by atoms with van der Waals surface area (Å²) in [4.78, 5) is 24.2. The minimum Gasteiger partial charge on any atom is -0.359 e. The Morgan fingerprint density at radius 2 is 2.14 bits per heavy atom. The van der Waals surface area contributed by atoms with Crippen LogP contribution in [0.15, 0.2) is 23.0 Å². The zero-order valence-electron chi connectivity index (χ0n) is 12.3. The molecular weight excluding hydrogens is 270 g/mol. The van der Waals surface area contributed by atoms with Crippen molar-refractivity contribution in [3.8, 4) is 0 Å². The summed E-state index contributed by atoms with van der Waals surface area (Å²) in [6.07, 6.45) is 0.996. The van der Waals surface area contributed by atoms with Gasteiger partial charge in [-0.1, -0.05) is 12.1 Å². The Kier molecular flexibility index (Phi) is 3.55. The van der Waals surface area contributed by atoms with Gasteiger partial charge in [0.25, 0.3) is 5.56 Å². The maximum atomic E-state index is 12.7. The maximum absolute atomic E-state index is 12.7. The van der Waals surface area contributed by atoms with Crippen molar-refractivity contribution in [1.29, 1.82) is 0 Å². The van der Waals surface area contributed by atoms with Gasteiger partial charge in [-0.2, -0.15) is 0 Å². The number of para-hydroxylation sites is 1. The van der Waals surface area contributed by atoms with Gasteiger partial charge >= 0.3 is 0 Å². The summed E-state index contributed by atoms with van der Waals surface area (Å²) >= 11 is 0. The Morgan fingerprint density at radius 3 is 2.90 bits per heavy atom. The van der Waals surface area contributed by atoms with Gasteiger partial charge in [0.2, 0.25) is 5.91 Å². The third kappa shape index (κ3) is 2.35. The summed E-state index contributed by atoms with van der Waals surface area (Å²) in [6.45, 7) is 2.62. The van der Waals surface area contributed by atoms with E-state index in [1.165, 1.54) is 0 Å². The lowest BCUT2D eigenvalue weighted by atomic mass is 10.1. The van der Waals surface area contributed by atoms with Crippen LogP contribution in [0.2, 0.25) is 0 Å². The molecule has 0 radical (unpaired) electrons. The summed E-state index contributed by atoms with van der Waals surface area (Å²) in [5.74, 6) is -0.0392. The van der Waals surface area contributed by atoms with E-state index in [1.54, 1.807) is 4.68 Å². The zero-order chi connectivity index (χ0) is 15.0. The van der Waals surface area contributed by atoms with Gasteiger partial charge in [-0.15, -0.1) is 0 Å². The Labute approximate surface area is 122 Å². The second-order valence-electron chi connectivity index (χ2n) is 5.45. The zero-order valence-corrected chi connectivity index (χ0v) is 12.3. The number of amides is 1. The highest BCUT2D eigenvalue weighted by Crippen LogP contribution is 2.20. The van der Waals surface area contributed by atoms with Crippen molar-refractivity contribution in [1.82, 2.24) is 14.7 Å². The molecule has 1 saturated heterocycles. The minimum absolute atomic E-state index is 0.0224. The molecule has 1 atom stereocenters. The first-order valence-electron chi connectivity index (χ1n) is 7.11. The van der Waals surface area contributed by atoms with Gasteiger partial charge < -0.3 is 10.1 Å². The number of rotatable bonds is 1. The molecule has 1 fully saturated rings. The number of benzene rings is 1. The highest BCUT2D eigenvalue weighted by Gasteiger charge is 2.22. The van der Waals surface area contributed by atoms with Crippen LogP contribution in [-0.2, 0) is 16.6 Å². The van der Waals surface area contributed by atoms with Gasteiger partial charge in [0, 0.05) is 13.5 Å². The average Bonchev–Trinajstić information content (AvgIpc) is 2.69. The molecule has 0 bridgehead atoms. The molecule has 112 valence electrons. The standard InChI is InChI=1S/C15H19N3O3/c1-10-4-3-5-12-14(10)17(2)18(15(12)20)11-6-7-13(19)16-9-21-8-11/h3-5,11H,6-9H2,1-2H3,(H,16,19). The first-order chi connectivity index (χ1) is 10.1. The van der Waals surface area contributed by atoms with E-state index in [-0.39, 0.29) is 24.2 Å². The van der Waals surface area contributed by atoms with Crippen LogP contribution in [0.3, 0.4) is 0 Å². The fourth-order valence-corrected chi connectivity index (χ4v) is 3.03. The van der Waals surface area contributed by atoms with E-state index in [2.05, 4.69) is 5.32 Å². The predicted octanol–water partition coefficient (Wildman–Crippen LogP) is 1.07. The van der Waals surface area contributed by atoms with E-state index >= 15 is 0 Å². The van der Waals surface area contributed by atoms with Crippen LogP contribution < -0.4 is 10.9 Å². The van der Waals surface area contributed by atoms with Crippen LogP contribution >= 0.6 is 0 Å². The molecule has 6 nitrogen and oxygen atoms in total. The van der Waals surface area contributed by atoms with Gasteiger partial charge in [-0.25, -0.2) is 4.68 Å². The fourth-order valence-electron chi connectivity index (χ4n) is 3.03. The molecule has 1 aromatic carbocycles. The van der Waals surface area contributed by atoms with Crippen LogP contribution in [0.5, 0.6) is 0 Å². The van der Waals surface area contributed by atoms with Crippen LogP contribution in [0.4, 0.5) is 0 Å². The number of hydrogen-bond donors (Lipinski definition) is 1. The average molecular weight is 289 g/mol. The smallest absolute Gasteiger partial charge is 0.274 e. The van der Waals surface area contributed by atoms with Crippen molar-refractivity contribution < 1.29 is 9.53 Å². The molecule has 1 amide bonds. The number of hydrogen-bond acceptors (Lipinski definition) is 3. The minimum atomic E-state index is -0.125. The molecule has 21 heavy (non-hydrogen) atoms. The van der Waals surface area contributed by atoms with Crippen molar-refractivity contribution in [3.63, 3.8) is 0 Å². The monoisotopic (exact) mass is 289 g/mol.